The van der Waals surface area contributed by atoms with E-state index < -0.39 is 22.3 Å². The maximum absolute atomic E-state index is 12.0. The molecule has 0 saturated carbocycles. The highest BCUT2D eigenvalue weighted by Gasteiger charge is 2.12. The van der Waals surface area contributed by atoms with Gasteiger partial charge in [-0.2, -0.15) is 5.10 Å². The number of rotatable bonds is 7. The first-order valence-corrected chi connectivity index (χ1v) is 7.55. The van der Waals surface area contributed by atoms with Gasteiger partial charge in [-0.15, -0.1) is 0 Å². The standard InChI is InChI=1S/C17H17N3O5/c1-2-9-25-14-6-4-13(5-7-14)17(22)19-18-11-12-3-8-16(21)15(10-12)20(23)24/h3-8,10-11,21H,2,9H2,1H3,(H,19,22)/b18-11+. The Morgan fingerprint density at radius 2 is 2.04 bits per heavy atom. The van der Waals surface area contributed by atoms with E-state index in [0.29, 0.717) is 23.5 Å². The summed E-state index contributed by atoms with van der Waals surface area (Å²) >= 11 is 0. The van der Waals surface area contributed by atoms with Crippen LogP contribution in [0.2, 0.25) is 0 Å². The average molecular weight is 343 g/mol. The molecular formula is C17H17N3O5. The number of aromatic hydroxyl groups is 1. The molecule has 0 saturated heterocycles. The van der Waals surface area contributed by atoms with E-state index >= 15 is 0 Å². The first kappa shape index (κ1) is 17.9. The molecule has 25 heavy (non-hydrogen) atoms. The summed E-state index contributed by atoms with van der Waals surface area (Å²) in [6.45, 7) is 2.61. The fourth-order valence-corrected chi connectivity index (χ4v) is 1.92. The Kier molecular flexibility index (Phi) is 6.05. The van der Waals surface area contributed by atoms with Gasteiger partial charge >= 0.3 is 5.69 Å². The molecule has 0 aliphatic carbocycles. The maximum atomic E-state index is 12.0. The van der Waals surface area contributed by atoms with Crippen molar-refractivity contribution in [3.8, 4) is 11.5 Å². The van der Waals surface area contributed by atoms with Gasteiger partial charge in [0.15, 0.2) is 5.75 Å². The molecule has 8 nitrogen and oxygen atoms in total. The lowest BCUT2D eigenvalue weighted by atomic mass is 10.2. The molecule has 2 rings (SSSR count). The Bertz CT molecular complexity index is 787. The van der Waals surface area contributed by atoms with Gasteiger partial charge in [0.1, 0.15) is 5.75 Å². The molecule has 130 valence electrons. The Morgan fingerprint density at radius 3 is 2.68 bits per heavy atom. The molecule has 0 aromatic heterocycles. The second kappa shape index (κ2) is 8.44. The number of nitro groups is 1. The molecule has 2 aromatic carbocycles. The molecule has 0 unspecified atom stereocenters. The fraction of sp³-hybridized carbons (Fsp3) is 0.176. The molecule has 8 heteroatoms. The Labute approximate surface area is 143 Å². The van der Waals surface area contributed by atoms with Crippen LogP contribution in [-0.2, 0) is 0 Å². The van der Waals surface area contributed by atoms with Crippen LogP contribution < -0.4 is 10.2 Å². The molecule has 2 aromatic rings. The van der Waals surface area contributed by atoms with Crippen molar-refractivity contribution in [3.63, 3.8) is 0 Å². The SMILES string of the molecule is CCCOc1ccc(C(=O)N/N=C/c2ccc(O)c([N+](=O)[O-])c2)cc1. The van der Waals surface area contributed by atoms with E-state index in [2.05, 4.69) is 10.5 Å². The number of hydrogen-bond acceptors (Lipinski definition) is 6. The number of carbonyl (C=O) groups is 1. The Morgan fingerprint density at radius 1 is 1.32 bits per heavy atom. The van der Waals surface area contributed by atoms with Crippen molar-refractivity contribution >= 4 is 17.8 Å². The lowest BCUT2D eigenvalue weighted by Crippen LogP contribution is -2.17. The van der Waals surface area contributed by atoms with E-state index in [4.69, 9.17) is 4.74 Å². The number of phenols is 1. The molecule has 0 aliphatic rings. The molecule has 0 bridgehead atoms. The van der Waals surface area contributed by atoms with Crippen molar-refractivity contribution in [2.24, 2.45) is 5.10 Å². The summed E-state index contributed by atoms with van der Waals surface area (Å²) in [5.74, 6) is -0.179. The van der Waals surface area contributed by atoms with Crippen LogP contribution in [-0.4, -0.2) is 28.8 Å². The van der Waals surface area contributed by atoms with Gasteiger partial charge in [-0.3, -0.25) is 14.9 Å². The second-order valence-corrected chi connectivity index (χ2v) is 5.08. The third-order valence-electron chi connectivity index (χ3n) is 3.17. The second-order valence-electron chi connectivity index (χ2n) is 5.08. The Hall–Kier alpha value is -3.42. The lowest BCUT2D eigenvalue weighted by Gasteiger charge is -2.05. The zero-order valence-electron chi connectivity index (χ0n) is 13.5. The topological polar surface area (TPSA) is 114 Å². The minimum absolute atomic E-state index is 0.369. The van der Waals surface area contributed by atoms with Gasteiger partial charge in [0.2, 0.25) is 0 Å². The molecule has 0 aliphatic heterocycles. The van der Waals surface area contributed by atoms with E-state index in [-0.39, 0.29) is 0 Å². The molecule has 0 radical (unpaired) electrons. The number of nitrogens with zero attached hydrogens (tertiary/aromatic N) is 2. The molecular weight excluding hydrogens is 326 g/mol. The minimum atomic E-state index is -0.701. The van der Waals surface area contributed by atoms with Crippen molar-refractivity contribution in [1.29, 1.82) is 0 Å². The number of nitro benzene ring substituents is 1. The fourth-order valence-electron chi connectivity index (χ4n) is 1.92. The highest BCUT2D eigenvalue weighted by molar-refractivity contribution is 5.95. The van der Waals surface area contributed by atoms with Crippen LogP contribution in [0.4, 0.5) is 5.69 Å². The monoisotopic (exact) mass is 343 g/mol. The molecule has 0 atom stereocenters. The normalized spacial score (nSPS) is 10.6. The number of hydrogen-bond donors (Lipinski definition) is 2. The van der Waals surface area contributed by atoms with Crippen LogP contribution in [0.15, 0.2) is 47.6 Å². The van der Waals surface area contributed by atoms with Crippen LogP contribution in [0.3, 0.4) is 0 Å². The summed E-state index contributed by atoms with van der Waals surface area (Å²) in [5.41, 5.74) is 2.67. The summed E-state index contributed by atoms with van der Waals surface area (Å²) in [6, 6.07) is 10.4. The molecule has 0 heterocycles. The summed E-state index contributed by atoms with van der Waals surface area (Å²) in [4.78, 5) is 22.0. The van der Waals surface area contributed by atoms with E-state index in [1.165, 1.54) is 18.3 Å². The smallest absolute Gasteiger partial charge is 0.311 e. The number of hydrazone groups is 1. The Balaban J connectivity index is 1.98. The van der Waals surface area contributed by atoms with Crippen LogP contribution in [0.1, 0.15) is 29.3 Å². The zero-order valence-corrected chi connectivity index (χ0v) is 13.5. The van der Waals surface area contributed by atoms with Crippen LogP contribution in [0.25, 0.3) is 0 Å². The summed E-state index contributed by atoms with van der Waals surface area (Å²) in [5, 5.41) is 23.9. The van der Waals surface area contributed by atoms with Crippen LogP contribution >= 0.6 is 0 Å². The largest absolute Gasteiger partial charge is 0.502 e. The average Bonchev–Trinajstić information content (AvgIpc) is 2.61. The van der Waals surface area contributed by atoms with Crippen molar-refractivity contribution in [2.75, 3.05) is 6.61 Å². The van der Waals surface area contributed by atoms with Crippen molar-refractivity contribution in [3.05, 3.63) is 63.7 Å². The third-order valence-corrected chi connectivity index (χ3v) is 3.17. The summed E-state index contributed by atoms with van der Waals surface area (Å²) in [7, 11) is 0. The number of ether oxygens (including phenoxy) is 1. The lowest BCUT2D eigenvalue weighted by molar-refractivity contribution is -0.385. The number of amides is 1. The van der Waals surface area contributed by atoms with E-state index in [9.17, 15) is 20.0 Å². The third kappa shape index (κ3) is 5.03. The van der Waals surface area contributed by atoms with Crippen LogP contribution in [0, 0.1) is 10.1 Å². The highest BCUT2D eigenvalue weighted by atomic mass is 16.6. The first-order chi connectivity index (χ1) is 12.0. The van der Waals surface area contributed by atoms with Crippen molar-refractivity contribution in [1.82, 2.24) is 5.43 Å². The van der Waals surface area contributed by atoms with Gasteiger partial charge in [-0.05, 0) is 42.8 Å². The van der Waals surface area contributed by atoms with E-state index in [1.807, 2.05) is 6.92 Å². The zero-order chi connectivity index (χ0) is 18.2. The minimum Gasteiger partial charge on any atom is -0.502 e. The maximum Gasteiger partial charge on any atom is 0.311 e. The van der Waals surface area contributed by atoms with Gasteiger partial charge in [0.05, 0.1) is 17.7 Å². The molecule has 0 fully saturated rings. The van der Waals surface area contributed by atoms with Crippen LogP contribution in [0.5, 0.6) is 11.5 Å². The van der Waals surface area contributed by atoms with Gasteiger partial charge in [-0.25, -0.2) is 5.43 Å². The van der Waals surface area contributed by atoms with Crippen molar-refractivity contribution in [2.45, 2.75) is 13.3 Å². The van der Waals surface area contributed by atoms with Crippen molar-refractivity contribution < 1.29 is 19.6 Å². The highest BCUT2D eigenvalue weighted by Crippen LogP contribution is 2.25. The summed E-state index contributed by atoms with van der Waals surface area (Å²) in [6.07, 6.45) is 2.15. The van der Waals surface area contributed by atoms with Gasteiger partial charge in [0, 0.05) is 17.2 Å². The first-order valence-electron chi connectivity index (χ1n) is 7.55. The predicted octanol–water partition coefficient (Wildman–Crippen LogP) is 2.85. The van der Waals surface area contributed by atoms with E-state index in [0.717, 1.165) is 12.5 Å². The number of carbonyl (C=O) groups excluding carboxylic acids is 1. The quantitative estimate of drug-likeness (QED) is 0.456. The molecule has 1 amide bonds. The van der Waals surface area contributed by atoms with Gasteiger partial charge in [0.25, 0.3) is 5.91 Å². The van der Waals surface area contributed by atoms with Gasteiger partial charge in [-0.1, -0.05) is 6.92 Å². The number of benzene rings is 2. The number of phenolic OH excluding ortho intramolecular Hbond substituents is 1. The molecule has 0 spiro atoms. The van der Waals surface area contributed by atoms with E-state index in [1.54, 1.807) is 24.3 Å². The predicted molar refractivity (Wildman–Crippen MR) is 92.0 cm³/mol. The number of nitrogens with one attached hydrogen (secondary N) is 1. The summed E-state index contributed by atoms with van der Waals surface area (Å²) < 4.78 is 5.43. The van der Waals surface area contributed by atoms with Gasteiger partial charge < -0.3 is 9.84 Å². The molecule has 2 N–H and O–H groups in total.